The summed E-state index contributed by atoms with van der Waals surface area (Å²) in [6.07, 6.45) is 0. The molecule has 0 heterocycles. The Labute approximate surface area is 120 Å². The molecule has 0 aliphatic heterocycles. The fourth-order valence-electron chi connectivity index (χ4n) is 1.46. The van der Waals surface area contributed by atoms with Gasteiger partial charge < -0.3 is 10.2 Å². The second-order valence-electron chi connectivity index (χ2n) is 3.32. The average Bonchev–Trinajstić information content (AvgIpc) is 2.15. The zero-order valence-electron chi connectivity index (χ0n) is 8.95. The molecule has 3 N–H and O–H groups in total. The Morgan fingerprint density at radius 1 is 1.00 bits per heavy atom. The number of hydrogen-bond donors (Lipinski definition) is 3. The Morgan fingerprint density at radius 3 is 2.24 bits per heavy atom. The van der Waals surface area contributed by atoms with Gasteiger partial charge in [0.25, 0.3) is 10.1 Å². The average molecular weight is 263 g/mol. The van der Waals surface area contributed by atoms with Crippen molar-refractivity contribution in [3.8, 4) is 11.5 Å². The van der Waals surface area contributed by atoms with Crippen LogP contribution in [0.1, 0.15) is 0 Å². The third-order valence-corrected chi connectivity index (χ3v) is 3.02. The van der Waals surface area contributed by atoms with Crippen molar-refractivity contribution in [2.45, 2.75) is 4.90 Å². The standard InChI is InChI=1S/C10H8O5S.Na/c11-7-1-2-9-6(3-7)4-8(5-10(9)12)16(13,14)15;/h1-5,11-12H,(H,13,14,15);/q;+1. The molecule has 5 nitrogen and oxygen atoms in total. The molecule has 2 rings (SSSR count). The molecule has 0 aliphatic rings. The smallest absolute Gasteiger partial charge is 0.508 e. The van der Waals surface area contributed by atoms with Crippen LogP contribution in [0.3, 0.4) is 0 Å². The van der Waals surface area contributed by atoms with Crippen molar-refractivity contribution in [3.05, 3.63) is 30.3 Å². The maximum absolute atomic E-state index is 10.9. The zero-order valence-corrected chi connectivity index (χ0v) is 11.8. The van der Waals surface area contributed by atoms with E-state index in [1.165, 1.54) is 24.3 Å². The van der Waals surface area contributed by atoms with E-state index in [1.807, 2.05) is 0 Å². The van der Waals surface area contributed by atoms with Crippen LogP contribution in [0.5, 0.6) is 11.5 Å². The van der Waals surface area contributed by atoms with Crippen LogP contribution in [-0.2, 0) is 10.1 Å². The van der Waals surface area contributed by atoms with Gasteiger partial charge in [-0.15, -0.1) is 0 Å². The second-order valence-corrected chi connectivity index (χ2v) is 4.74. The van der Waals surface area contributed by atoms with E-state index in [2.05, 4.69) is 0 Å². The molecule has 17 heavy (non-hydrogen) atoms. The van der Waals surface area contributed by atoms with E-state index >= 15 is 0 Å². The van der Waals surface area contributed by atoms with Gasteiger partial charge in [-0.25, -0.2) is 0 Å². The summed E-state index contributed by atoms with van der Waals surface area (Å²) in [5.74, 6) is -0.329. The number of rotatable bonds is 1. The molecule has 2 aromatic rings. The number of hydrogen-bond acceptors (Lipinski definition) is 4. The Balaban J connectivity index is 0.00000144. The first kappa shape index (κ1) is 14.3. The summed E-state index contributed by atoms with van der Waals surface area (Å²) in [5, 5.41) is 19.5. The molecule has 0 fully saturated rings. The zero-order chi connectivity index (χ0) is 11.9. The molecular formula is C10H8NaO5S+. The van der Waals surface area contributed by atoms with Gasteiger partial charge in [0.15, 0.2) is 0 Å². The molecule has 0 atom stereocenters. The first-order chi connectivity index (χ1) is 7.38. The van der Waals surface area contributed by atoms with Crippen LogP contribution in [0.25, 0.3) is 10.8 Å². The van der Waals surface area contributed by atoms with Crippen LogP contribution in [0.15, 0.2) is 35.2 Å². The number of phenols is 2. The number of benzene rings is 2. The fourth-order valence-corrected chi connectivity index (χ4v) is 2.00. The van der Waals surface area contributed by atoms with Crippen molar-refractivity contribution >= 4 is 20.9 Å². The first-order valence-electron chi connectivity index (χ1n) is 4.31. The summed E-state index contributed by atoms with van der Waals surface area (Å²) in [4.78, 5) is -0.414. The van der Waals surface area contributed by atoms with Gasteiger partial charge in [0.05, 0.1) is 4.90 Å². The summed E-state index contributed by atoms with van der Waals surface area (Å²) in [5.41, 5.74) is 0. The van der Waals surface area contributed by atoms with Crippen molar-refractivity contribution in [1.82, 2.24) is 0 Å². The Hall–Kier alpha value is -0.790. The molecule has 0 saturated heterocycles. The SMILES string of the molecule is O=S(=O)(O)c1cc(O)c2ccc(O)cc2c1.[Na+]. The number of phenolic OH excluding ortho intramolecular Hbond substituents is 2. The van der Waals surface area contributed by atoms with Crippen LogP contribution < -0.4 is 29.6 Å². The topological polar surface area (TPSA) is 94.8 Å². The van der Waals surface area contributed by atoms with Crippen molar-refractivity contribution in [3.63, 3.8) is 0 Å². The predicted molar refractivity (Wildman–Crippen MR) is 57.1 cm³/mol. The molecule has 0 saturated carbocycles. The van der Waals surface area contributed by atoms with E-state index in [0.29, 0.717) is 10.8 Å². The maximum atomic E-state index is 10.9. The third-order valence-electron chi connectivity index (χ3n) is 2.19. The molecule has 0 spiro atoms. The molecule has 7 heteroatoms. The van der Waals surface area contributed by atoms with Crippen LogP contribution in [-0.4, -0.2) is 23.2 Å². The van der Waals surface area contributed by atoms with Crippen LogP contribution in [0.4, 0.5) is 0 Å². The van der Waals surface area contributed by atoms with Crippen LogP contribution in [0.2, 0.25) is 0 Å². The summed E-state index contributed by atoms with van der Waals surface area (Å²) in [6.45, 7) is 0. The third kappa shape index (κ3) is 2.91. The van der Waals surface area contributed by atoms with Gasteiger partial charge in [0, 0.05) is 11.5 Å². The van der Waals surface area contributed by atoms with Crippen LogP contribution in [0, 0.1) is 0 Å². The fraction of sp³-hybridized carbons (Fsp3) is 0. The number of fused-ring (bicyclic) bond motifs is 1. The van der Waals surface area contributed by atoms with Crippen LogP contribution >= 0.6 is 0 Å². The minimum atomic E-state index is -4.37. The van der Waals surface area contributed by atoms with Crippen molar-refractivity contribution in [2.75, 3.05) is 0 Å². The van der Waals surface area contributed by atoms with E-state index in [1.54, 1.807) is 0 Å². The van der Waals surface area contributed by atoms with Crippen molar-refractivity contribution in [2.24, 2.45) is 0 Å². The van der Waals surface area contributed by atoms with E-state index < -0.39 is 15.0 Å². The van der Waals surface area contributed by atoms with Gasteiger partial charge in [-0.05, 0) is 29.7 Å². The summed E-state index contributed by atoms with van der Waals surface area (Å²) >= 11 is 0. The summed E-state index contributed by atoms with van der Waals surface area (Å²) in [7, 11) is -4.37. The normalized spacial score (nSPS) is 11.1. The van der Waals surface area contributed by atoms with E-state index in [-0.39, 0.29) is 41.1 Å². The van der Waals surface area contributed by atoms with Gasteiger partial charge in [-0.3, -0.25) is 4.55 Å². The van der Waals surface area contributed by atoms with Gasteiger partial charge in [0.1, 0.15) is 11.5 Å². The van der Waals surface area contributed by atoms with Gasteiger partial charge >= 0.3 is 29.6 Å². The monoisotopic (exact) mass is 263 g/mol. The summed E-state index contributed by atoms with van der Waals surface area (Å²) in [6, 6.07) is 6.24. The molecule has 0 radical (unpaired) electrons. The molecule has 2 aromatic carbocycles. The molecular weight excluding hydrogens is 255 g/mol. The number of aromatic hydroxyl groups is 2. The Morgan fingerprint density at radius 2 is 1.65 bits per heavy atom. The van der Waals surface area contributed by atoms with Gasteiger partial charge in [-0.1, -0.05) is 0 Å². The predicted octanol–water partition coefficient (Wildman–Crippen LogP) is -1.50. The van der Waals surface area contributed by atoms with Gasteiger partial charge in [-0.2, -0.15) is 8.42 Å². The molecule has 0 unspecified atom stereocenters. The maximum Gasteiger partial charge on any atom is 1.00 e. The minimum absolute atomic E-state index is 0. The minimum Gasteiger partial charge on any atom is -0.508 e. The molecule has 0 aliphatic carbocycles. The largest absolute Gasteiger partial charge is 1.00 e. The molecule has 0 aromatic heterocycles. The Kier molecular flexibility index (Phi) is 4.06. The van der Waals surface area contributed by atoms with E-state index in [4.69, 9.17) is 4.55 Å². The van der Waals surface area contributed by atoms with E-state index in [9.17, 15) is 18.6 Å². The quantitative estimate of drug-likeness (QED) is 0.430. The Bertz CT molecular complexity index is 666. The summed E-state index contributed by atoms with van der Waals surface area (Å²) < 4.78 is 30.6. The molecule has 0 bridgehead atoms. The second kappa shape index (κ2) is 4.83. The molecule has 84 valence electrons. The van der Waals surface area contributed by atoms with Crippen molar-refractivity contribution in [1.29, 1.82) is 0 Å². The van der Waals surface area contributed by atoms with Gasteiger partial charge in [0.2, 0.25) is 0 Å². The van der Waals surface area contributed by atoms with E-state index in [0.717, 1.165) is 6.07 Å². The first-order valence-corrected chi connectivity index (χ1v) is 5.75. The van der Waals surface area contributed by atoms with Crippen molar-refractivity contribution < 1.29 is 52.7 Å². The molecule has 0 amide bonds.